The molecule has 1 aliphatic rings. The normalized spacial score (nSPS) is 16.5. The van der Waals surface area contributed by atoms with Gasteiger partial charge in [-0.3, -0.25) is 0 Å². The van der Waals surface area contributed by atoms with Gasteiger partial charge in [-0.25, -0.2) is 9.18 Å². The first-order chi connectivity index (χ1) is 11.6. The Morgan fingerprint density at radius 1 is 1.38 bits per heavy atom. The zero-order valence-corrected chi connectivity index (χ0v) is 14.2. The van der Waals surface area contributed by atoms with Gasteiger partial charge in [0.2, 0.25) is 0 Å². The molecule has 5 nitrogen and oxygen atoms in total. The highest BCUT2D eigenvalue weighted by atomic mass is 19.1. The van der Waals surface area contributed by atoms with Crippen molar-refractivity contribution in [2.45, 2.75) is 51.1 Å². The third-order valence-electron chi connectivity index (χ3n) is 4.64. The van der Waals surface area contributed by atoms with E-state index in [1.165, 1.54) is 32.4 Å². The number of hydrogen-bond donors (Lipinski definition) is 3. The lowest BCUT2D eigenvalue weighted by molar-refractivity contribution is 0.196. The van der Waals surface area contributed by atoms with Crippen molar-refractivity contribution in [2.24, 2.45) is 5.92 Å². The van der Waals surface area contributed by atoms with Crippen molar-refractivity contribution in [1.82, 2.24) is 10.6 Å². The van der Waals surface area contributed by atoms with Crippen LogP contribution in [0.3, 0.4) is 0 Å². The van der Waals surface area contributed by atoms with Gasteiger partial charge in [0.25, 0.3) is 0 Å². The molecule has 0 saturated heterocycles. The second-order valence-electron chi connectivity index (χ2n) is 6.31. The van der Waals surface area contributed by atoms with E-state index in [9.17, 15) is 14.3 Å². The fourth-order valence-electron chi connectivity index (χ4n) is 3.32. The van der Waals surface area contributed by atoms with E-state index in [0.29, 0.717) is 17.9 Å². The maximum absolute atomic E-state index is 13.6. The van der Waals surface area contributed by atoms with Crippen molar-refractivity contribution in [2.75, 3.05) is 13.7 Å². The summed E-state index contributed by atoms with van der Waals surface area (Å²) in [5.41, 5.74) is 0.667. The molecular formula is C18H27FN2O3. The topological polar surface area (TPSA) is 70.6 Å². The molecule has 0 spiro atoms. The highest BCUT2D eigenvalue weighted by Crippen LogP contribution is 2.27. The van der Waals surface area contributed by atoms with Crippen LogP contribution in [-0.2, 0) is 6.54 Å². The summed E-state index contributed by atoms with van der Waals surface area (Å²) >= 11 is 0. The van der Waals surface area contributed by atoms with Crippen LogP contribution in [0.25, 0.3) is 0 Å². The number of carbonyl (C=O) groups is 1. The number of aliphatic hydroxyl groups excluding tert-OH is 1. The van der Waals surface area contributed by atoms with Gasteiger partial charge in [-0.1, -0.05) is 25.3 Å². The van der Waals surface area contributed by atoms with E-state index in [4.69, 9.17) is 4.74 Å². The summed E-state index contributed by atoms with van der Waals surface area (Å²) in [7, 11) is 1.41. The van der Waals surface area contributed by atoms with Gasteiger partial charge in [0.15, 0.2) is 11.6 Å². The summed E-state index contributed by atoms with van der Waals surface area (Å²) < 4.78 is 18.5. The molecule has 1 unspecified atom stereocenters. The lowest BCUT2D eigenvalue weighted by atomic mass is 9.83. The van der Waals surface area contributed by atoms with E-state index in [1.54, 1.807) is 12.1 Å². The molecule has 24 heavy (non-hydrogen) atoms. The molecule has 1 saturated carbocycles. The minimum absolute atomic E-state index is 0.0112. The van der Waals surface area contributed by atoms with E-state index in [0.717, 1.165) is 12.8 Å². The Morgan fingerprint density at radius 2 is 2.12 bits per heavy atom. The minimum Gasteiger partial charge on any atom is -0.494 e. The molecule has 1 aromatic rings. The average Bonchev–Trinajstić information content (AvgIpc) is 2.60. The predicted octanol–water partition coefficient (Wildman–Crippen LogP) is 2.96. The average molecular weight is 338 g/mol. The van der Waals surface area contributed by atoms with Crippen LogP contribution in [0.15, 0.2) is 18.2 Å². The van der Waals surface area contributed by atoms with Crippen LogP contribution in [-0.4, -0.2) is 30.9 Å². The number of hydrogen-bond acceptors (Lipinski definition) is 3. The van der Waals surface area contributed by atoms with E-state index in [2.05, 4.69) is 10.6 Å². The maximum Gasteiger partial charge on any atom is 0.315 e. The molecule has 2 rings (SSSR count). The Hall–Kier alpha value is -1.82. The maximum atomic E-state index is 13.6. The van der Waals surface area contributed by atoms with Gasteiger partial charge in [-0.2, -0.15) is 0 Å². The number of nitrogens with one attached hydrogen (secondary N) is 2. The molecule has 0 bridgehead atoms. The van der Waals surface area contributed by atoms with Crippen LogP contribution in [0.2, 0.25) is 0 Å². The summed E-state index contributed by atoms with van der Waals surface area (Å²) in [6.07, 6.45) is 6.36. The zero-order valence-electron chi connectivity index (χ0n) is 14.2. The van der Waals surface area contributed by atoms with Gasteiger partial charge in [-0.05, 0) is 42.9 Å². The SMILES string of the molecule is COc1ccc(CNC(=O)NC(CCO)C2CCCCC2)cc1F. The number of amides is 2. The van der Waals surface area contributed by atoms with Crippen molar-refractivity contribution in [3.8, 4) is 5.75 Å². The number of methoxy groups -OCH3 is 1. The fraction of sp³-hybridized carbons (Fsp3) is 0.611. The molecule has 0 aromatic heterocycles. The third kappa shape index (κ3) is 5.37. The smallest absolute Gasteiger partial charge is 0.315 e. The first-order valence-electron chi connectivity index (χ1n) is 8.61. The largest absolute Gasteiger partial charge is 0.494 e. The number of halogens is 1. The highest BCUT2D eigenvalue weighted by molar-refractivity contribution is 5.74. The van der Waals surface area contributed by atoms with Gasteiger partial charge in [-0.15, -0.1) is 0 Å². The second kappa shape index (κ2) is 9.47. The number of benzene rings is 1. The summed E-state index contributed by atoms with van der Waals surface area (Å²) in [4.78, 5) is 12.1. The second-order valence-corrected chi connectivity index (χ2v) is 6.31. The van der Waals surface area contributed by atoms with Crippen LogP contribution < -0.4 is 15.4 Å². The van der Waals surface area contributed by atoms with E-state index >= 15 is 0 Å². The molecule has 3 N–H and O–H groups in total. The Kier molecular flexibility index (Phi) is 7.31. The Bertz CT molecular complexity index is 533. The molecule has 1 fully saturated rings. The van der Waals surface area contributed by atoms with Crippen LogP contribution in [0.1, 0.15) is 44.1 Å². The van der Waals surface area contributed by atoms with Crippen LogP contribution in [0.5, 0.6) is 5.75 Å². The Balaban J connectivity index is 1.85. The van der Waals surface area contributed by atoms with Gasteiger partial charge >= 0.3 is 6.03 Å². The number of rotatable bonds is 7. The number of urea groups is 1. The Labute approximate surface area is 142 Å². The minimum atomic E-state index is -0.447. The van der Waals surface area contributed by atoms with Crippen molar-refractivity contribution < 1.29 is 19.0 Å². The summed E-state index contributed by atoms with van der Waals surface area (Å²) in [6.45, 7) is 0.300. The molecule has 0 aliphatic heterocycles. The van der Waals surface area contributed by atoms with Gasteiger partial charge in [0, 0.05) is 19.2 Å². The van der Waals surface area contributed by atoms with Crippen molar-refractivity contribution >= 4 is 6.03 Å². The molecule has 1 atom stereocenters. The summed E-state index contributed by atoms with van der Waals surface area (Å²) in [6, 6.07) is 4.32. The van der Waals surface area contributed by atoms with E-state index < -0.39 is 5.82 Å². The molecule has 1 aliphatic carbocycles. The molecule has 0 heterocycles. The third-order valence-corrected chi connectivity index (χ3v) is 4.64. The predicted molar refractivity (Wildman–Crippen MR) is 90.4 cm³/mol. The Morgan fingerprint density at radius 3 is 2.75 bits per heavy atom. The van der Waals surface area contributed by atoms with Gasteiger partial charge in [0.05, 0.1) is 7.11 Å². The fourth-order valence-corrected chi connectivity index (χ4v) is 3.32. The zero-order chi connectivity index (χ0) is 17.4. The molecule has 6 heteroatoms. The van der Waals surface area contributed by atoms with Gasteiger partial charge in [0.1, 0.15) is 0 Å². The molecule has 134 valence electrons. The number of aliphatic hydroxyl groups is 1. The summed E-state index contributed by atoms with van der Waals surface area (Å²) in [5.74, 6) is 0.163. The lowest BCUT2D eigenvalue weighted by Gasteiger charge is -2.30. The van der Waals surface area contributed by atoms with Crippen molar-refractivity contribution in [3.05, 3.63) is 29.6 Å². The van der Waals surface area contributed by atoms with Gasteiger partial charge < -0.3 is 20.5 Å². The number of carbonyl (C=O) groups excluding carboxylic acids is 1. The van der Waals surface area contributed by atoms with Crippen molar-refractivity contribution in [1.29, 1.82) is 0 Å². The molecule has 1 aromatic carbocycles. The first kappa shape index (κ1) is 18.5. The van der Waals surface area contributed by atoms with Crippen LogP contribution in [0, 0.1) is 11.7 Å². The van der Waals surface area contributed by atoms with Crippen LogP contribution >= 0.6 is 0 Å². The molecule has 0 radical (unpaired) electrons. The first-order valence-corrected chi connectivity index (χ1v) is 8.61. The standard InChI is InChI=1S/C18H27FN2O3/c1-24-17-8-7-13(11-15(17)19)12-20-18(23)21-16(9-10-22)14-5-3-2-4-6-14/h7-8,11,14,16,22H,2-6,9-10,12H2,1H3,(H2,20,21,23). The van der Waals surface area contributed by atoms with E-state index in [-0.39, 0.29) is 31.0 Å². The molecular weight excluding hydrogens is 311 g/mol. The van der Waals surface area contributed by atoms with Crippen molar-refractivity contribution in [3.63, 3.8) is 0 Å². The van der Waals surface area contributed by atoms with E-state index in [1.807, 2.05) is 0 Å². The summed E-state index contributed by atoms with van der Waals surface area (Å²) in [5, 5.41) is 15.0. The highest BCUT2D eigenvalue weighted by Gasteiger charge is 2.24. The number of ether oxygens (including phenoxy) is 1. The van der Waals surface area contributed by atoms with Crippen LogP contribution in [0.4, 0.5) is 9.18 Å². The monoisotopic (exact) mass is 338 g/mol. The lowest BCUT2D eigenvalue weighted by Crippen LogP contribution is -2.46. The quantitative estimate of drug-likeness (QED) is 0.716. The molecule has 2 amide bonds.